The largest absolute Gasteiger partial charge is 0.463 e. The van der Waals surface area contributed by atoms with E-state index in [2.05, 4.69) is 6.92 Å². The molecule has 0 fully saturated rings. The van der Waals surface area contributed by atoms with Gasteiger partial charge in [0.15, 0.2) is 5.78 Å². The minimum Gasteiger partial charge on any atom is -0.463 e. The summed E-state index contributed by atoms with van der Waals surface area (Å²) in [5.41, 5.74) is 0.429. The number of rotatable bonds is 5. The Hall–Kier alpha value is -1.58. The molecule has 1 rings (SSSR count). The maximum atomic E-state index is 11.6. The van der Waals surface area contributed by atoms with Gasteiger partial charge < -0.3 is 9.64 Å². The first-order chi connectivity index (χ1) is 8.17. The van der Waals surface area contributed by atoms with Gasteiger partial charge >= 0.3 is 5.97 Å². The minimum absolute atomic E-state index is 0.160. The minimum atomic E-state index is -0.397. The third-order valence-electron chi connectivity index (χ3n) is 2.48. The monoisotopic (exact) mass is 237 g/mol. The lowest BCUT2D eigenvalue weighted by molar-refractivity contribution is -0.138. The number of carbonyl (C=O) groups is 2. The predicted octanol–water partition coefficient (Wildman–Crippen LogP) is 1.67. The van der Waals surface area contributed by atoms with Gasteiger partial charge in [0.2, 0.25) is 0 Å². The molecule has 0 saturated heterocycles. The van der Waals surface area contributed by atoms with Crippen molar-refractivity contribution in [3.05, 3.63) is 23.9 Å². The molecule has 0 aromatic heterocycles. The molecule has 94 valence electrons. The Morgan fingerprint density at radius 3 is 2.88 bits per heavy atom. The predicted molar refractivity (Wildman–Crippen MR) is 65.3 cm³/mol. The van der Waals surface area contributed by atoms with E-state index in [1.807, 2.05) is 4.90 Å². The Kier molecular flexibility index (Phi) is 5.46. The number of hydrogen-bond donors (Lipinski definition) is 0. The highest BCUT2D eigenvalue weighted by molar-refractivity contribution is 6.05. The lowest BCUT2D eigenvalue weighted by Crippen LogP contribution is -2.24. The highest BCUT2D eigenvalue weighted by atomic mass is 16.5. The maximum Gasteiger partial charge on any atom is 0.335 e. The van der Waals surface area contributed by atoms with E-state index < -0.39 is 5.97 Å². The van der Waals surface area contributed by atoms with Crippen LogP contribution >= 0.6 is 0 Å². The standard InChI is InChI=1S/C13H19NO3/c1-3-5-7-14-8-6-12(15)9-11(10-14)13(16)17-4-2/h6,8-9H,3-5,7,10H2,1-2H3. The highest BCUT2D eigenvalue weighted by Gasteiger charge is 2.17. The molecular weight excluding hydrogens is 218 g/mol. The number of esters is 1. The number of ether oxygens (including phenoxy) is 1. The molecule has 1 heterocycles. The molecule has 0 aromatic carbocycles. The molecule has 0 aromatic rings. The molecule has 0 saturated carbocycles. The van der Waals surface area contributed by atoms with Crippen molar-refractivity contribution in [2.24, 2.45) is 0 Å². The summed E-state index contributed by atoms with van der Waals surface area (Å²) in [6.45, 7) is 5.48. The summed E-state index contributed by atoms with van der Waals surface area (Å²) in [5.74, 6) is -0.557. The van der Waals surface area contributed by atoms with Crippen LogP contribution in [0.3, 0.4) is 0 Å². The van der Waals surface area contributed by atoms with E-state index in [1.165, 1.54) is 12.2 Å². The first-order valence-corrected chi connectivity index (χ1v) is 6.01. The molecule has 4 heteroatoms. The Balaban J connectivity index is 2.70. The molecule has 1 aliphatic heterocycles. The van der Waals surface area contributed by atoms with Crippen molar-refractivity contribution in [3.63, 3.8) is 0 Å². The summed E-state index contributed by atoms with van der Waals surface area (Å²) in [6, 6.07) is 0. The molecule has 0 amide bonds. The topological polar surface area (TPSA) is 46.6 Å². The number of hydrogen-bond acceptors (Lipinski definition) is 4. The SMILES string of the molecule is CCCCN1C=CC(=O)C=C(C(=O)OCC)C1. The summed E-state index contributed by atoms with van der Waals surface area (Å²) in [5, 5.41) is 0. The molecule has 0 spiro atoms. The van der Waals surface area contributed by atoms with Crippen LogP contribution in [0, 0.1) is 0 Å². The van der Waals surface area contributed by atoms with E-state index >= 15 is 0 Å². The van der Waals surface area contributed by atoms with E-state index in [1.54, 1.807) is 13.1 Å². The molecule has 0 N–H and O–H groups in total. The zero-order chi connectivity index (χ0) is 12.7. The summed E-state index contributed by atoms with van der Waals surface area (Å²) in [7, 11) is 0. The Morgan fingerprint density at radius 1 is 1.47 bits per heavy atom. The van der Waals surface area contributed by atoms with Crippen molar-refractivity contribution in [2.45, 2.75) is 26.7 Å². The van der Waals surface area contributed by atoms with Crippen molar-refractivity contribution in [3.8, 4) is 0 Å². The Morgan fingerprint density at radius 2 is 2.24 bits per heavy atom. The van der Waals surface area contributed by atoms with E-state index in [-0.39, 0.29) is 5.78 Å². The van der Waals surface area contributed by atoms with Gasteiger partial charge in [-0.2, -0.15) is 0 Å². The van der Waals surface area contributed by atoms with Crippen LogP contribution in [0.1, 0.15) is 26.7 Å². The fraction of sp³-hybridized carbons (Fsp3) is 0.538. The van der Waals surface area contributed by atoms with Crippen LogP contribution in [0.4, 0.5) is 0 Å². The fourth-order valence-electron chi connectivity index (χ4n) is 1.58. The zero-order valence-corrected chi connectivity index (χ0v) is 10.4. The molecular formula is C13H19NO3. The molecule has 0 radical (unpaired) electrons. The van der Waals surface area contributed by atoms with Gasteiger partial charge in [0, 0.05) is 25.4 Å². The van der Waals surface area contributed by atoms with Crippen molar-refractivity contribution >= 4 is 11.8 Å². The molecule has 0 bridgehead atoms. The smallest absolute Gasteiger partial charge is 0.335 e. The number of unbranched alkanes of at least 4 members (excludes halogenated alkanes) is 1. The number of carbonyl (C=O) groups excluding carboxylic acids is 2. The third kappa shape index (κ3) is 4.43. The molecule has 0 aliphatic carbocycles. The zero-order valence-electron chi connectivity index (χ0n) is 10.4. The molecule has 0 unspecified atom stereocenters. The lowest BCUT2D eigenvalue weighted by atomic mass is 10.2. The van der Waals surface area contributed by atoms with E-state index in [4.69, 9.17) is 4.74 Å². The fourth-order valence-corrected chi connectivity index (χ4v) is 1.58. The van der Waals surface area contributed by atoms with Crippen molar-refractivity contribution in [1.82, 2.24) is 4.90 Å². The average Bonchev–Trinajstić information content (AvgIpc) is 2.49. The van der Waals surface area contributed by atoms with Crippen LogP contribution in [0.2, 0.25) is 0 Å². The highest BCUT2D eigenvalue weighted by Crippen LogP contribution is 2.09. The Labute approximate surface area is 102 Å². The van der Waals surface area contributed by atoms with Crippen LogP contribution < -0.4 is 0 Å². The van der Waals surface area contributed by atoms with E-state index in [9.17, 15) is 9.59 Å². The number of nitrogens with zero attached hydrogens (tertiary/aromatic N) is 1. The summed E-state index contributed by atoms with van der Waals surface area (Å²) in [6.07, 6.45) is 6.72. The van der Waals surface area contributed by atoms with Gasteiger partial charge in [0.05, 0.1) is 12.2 Å². The van der Waals surface area contributed by atoms with Gasteiger partial charge in [0.25, 0.3) is 0 Å². The first kappa shape index (κ1) is 13.5. The van der Waals surface area contributed by atoms with Crippen LogP contribution in [0.15, 0.2) is 23.9 Å². The van der Waals surface area contributed by atoms with E-state index in [0.29, 0.717) is 18.7 Å². The van der Waals surface area contributed by atoms with Crippen LogP contribution in [-0.4, -0.2) is 36.3 Å². The van der Waals surface area contributed by atoms with E-state index in [0.717, 1.165) is 19.4 Å². The Bertz CT molecular complexity index is 345. The average molecular weight is 237 g/mol. The van der Waals surface area contributed by atoms with Gasteiger partial charge in [-0.05, 0) is 19.4 Å². The quantitative estimate of drug-likeness (QED) is 0.682. The number of allylic oxidation sites excluding steroid dienone is 2. The molecule has 4 nitrogen and oxygen atoms in total. The maximum absolute atomic E-state index is 11.6. The molecule has 17 heavy (non-hydrogen) atoms. The van der Waals surface area contributed by atoms with Crippen molar-refractivity contribution < 1.29 is 14.3 Å². The summed E-state index contributed by atoms with van der Waals surface area (Å²) >= 11 is 0. The normalized spacial score (nSPS) is 15.5. The third-order valence-corrected chi connectivity index (χ3v) is 2.48. The second kappa shape index (κ2) is 6.89. The lowest BCUT2D eigenvalue weighted by Gasteiger charge is -2.19. The second-order valence-corrected chi connectivity index (χ2v) is 3.93. The van der Waals surface area contributed by atoms with Gasteiger partial charge in [-0.15, -0.1) is 0 Å². The van der Waals surface area contributed by atoms with Gasteiger partial charge in [0.1, 0.15) is 0 Å². The van der Waals surface area contributed by atoms with Crippen LogP contribution in [0.5, 0.6) is 0 Å². The van der Waals surface area contributed by atoms with Crippen molar-refractivity contribution in [2.75, 3.05) is 19.7 Å². The van der Waals surface area contributed by atoms with Crippen LogP contribution in [0.25, 0.3) is 0 Å². The number of ketones is 1. The molecule has 0 atom stereocenters. The van der Waals surface area contributed by atoms with Gasteiger partial charge in [-0.3, -0.25) is 4.79 Å². The summed E-state index contributed by atoms with van der Waals surface area (Å²) in [4.78, 5) is 25.0. The van der Waals surface area contributed by atoms with Crippen molar-refractivity contribution in [1.29, 1.82) is 0 Å². The first-order valence-electron chi connectivity index (χ1n) is 6.01. The summed E-state index contributed by atoms with van der Waals surface area (Å²) < 4.78 is 4.92. The van der Waals surface area contributed by atoms with Crippen LogP contribution in [-0.2, 0) is 14.3 Å². The van der Waals surface area contributed by atoms with Gasteiger partial charge in [-0.25, -0.2) is 4.79 Å². The molecule has 1 aliphatic rings. The van der Waals surface area contributed by atoms with Gasteiger partial charge in [-0.1, -0.05) is 13.3 Å². The second-order valence-electron chi connectivity index (χ2n) is 3.93.